The van der Waals surface area contributed by atoms with Gasteiger partial charge in [0.25, 0.3) is 5.91 Å². The molecule has 0 saturated carbocycles. The fraction of sp³-hybridized carbons (Fsp3) is 0.833. The van der Waals surface area contributed by atoms with Crippen molar-refractivity contribution < 1.29 is 23.1 Å². The second-order valence-corrected chi connectivity index (χ2v) is 5.59. The quantitative estimate of drug-likeness (QED) is 0.767. The maximum atomic E-state index is 12.3. The Hall–Kier alpha value is -1.40. The smallest absolute Gasteiger partial charge is 0.410 e. The highest BCUT2D eigenvalue weighted by Gasteiger charge is 2.45. The minimum Gasteiger partial charge on any atom is -0.447 e. The van der Waals surface area contributed by atoms with E-state index in [9.17, 15) is 18.4 Å². The van der Waals surface area contributed by atoms with Gasteiger partial charge in [-0.2, -0.15) is 8.78 Å². The molecule has 0 aromatic carbocycles. The van der Waals surface area contributed by atoms with Gasteiger partial charge >= 0.3 is 12.5 Å². The molecule has 2 heterocycles. The molecule has 2 saturated heterocycles. The normalized spacial score (nSPS) is 23.9. The number of piperidine rings is 1. The van der Waals surface area contributed by atoms with Gasteiger partial charge in [-0.05, 0) is 26.7 Å². The molecule has 2 amide bonds. The van der Waals surface area contributed by atoms with Gasteiger partial charge in [-0.3, -0.25) is 9.69 Å². The molecule has 0 aromatic rings. The first kappa shape index (κ1) is 14.0. The summed E-state index contributed by atoms with van der Waals surface area (Å²) in [6.07, 6.45) is -2.29. The van der Waals surface area contributed by atoms with Gasteiger partial charge in [0.1, 0.15) is 6.61 Å². The van der Waals surface area contributed by atoms with Crippen molar-refractivity contribution in [2.75, 3.05) is 19.7 Å². The number of nitrogens with zero attached hydrogens (tertiary/aromatic N) is 2. The molecular formula is C12H18F2N2O3. The minimum atomic E-state index is -2.95. The number of hydrogen-bond acceptors (Lipinski definition) is 3. The van der Waals surface area contributed by atoms with E-state index >= 15 is 0 Å². The fourth-order valence-electron chi connectivity index (χ4n) is 2.75. The van der Waals surface area contributed by atoms with E-state index < -0.39 is 12.3 Å². The molecule has 0 unspecified atom stereocenters. The first-order chi connectivity index (χ1) is 8.83. The van der Waals surface area contributed by atoms with Crippen LogP contribution in [0.1, 0.15) is 26.7 Å². The lowest BCUT2D eigenvalue weighted by Crippen LogP contribution is -2.53. The molecule has 7 heteroatoms. The number of ether oxygens (including phenoxy) is 1. The van der Waals surface area contributed by atoms with Crippen molar-refractivity contribution in [2.24, 2.45) is 0 Å². The summed E-state index contributed by atoms with van der Waals surface area (Å²) in [7, 11) is 0. The van der Waals surface area contributed by atoms with Crippen LogP contribution in [0.15, 0.2) is 0 Å². The lowest BCUT2D eigenvalue weighted by atomic mass is 9.97. The van der Waals surface area contributed by atoms with Crippen molar-refractivity contribution in [3.05, 3.63) is 0 Å². The summed E-state index contributed by atoms with van der Waals surface area (Å²) >= 11 is 0. The molecule has 5 nitrogen and oxygen atoms in total. The van der Waals surface area contributed by atoms with E-state index in [4.69, 9.17) is 4.74 Å². The van der Waals surface area contributed by atoms with Crippen molar-refractivity contribution in [2.45, 2.75) is 44.7 Å². The second-order valence-electron chi connectivity index (χ2n) is 5.59. The first-order valence-corrected chi connectivity index (χ1v) is 6.36. The number of carbonyl (C=O) groups excluding carboxylic acids is 2. The van der Waals surface area contributed by atoms with Gasteiger partial charge in [-0.25, -0.2) is 4.79 Å². The lowest BCUT2D eigenvalue weighted by Gasteiger charge is -2.40. The van der Waals surface area contributed by atoms with Crippen molar-refractivity contribution >= 4 is 12.0 Å². The minimum absolute atomic E-state index is 0.0493. The van der Waals surface area contributed by atoms with E-state index in [0.717, 1.165) is 4.90 Å². The highest BCUT2D eigenvalue weighted by molar-refractivity contribution is 5.79. The third-order valence-electron chi connectivity index (χ3n) is 3.73. The molecular weight excluding hydrogens is 258 g/mol. The van der Waals surface area contributed by atoms with E-state index in [1.165, 1.54) is 0 Å². The van der Waals surface area contributed by atoms with E-state index in [1.54, 1.807) is 4.90 Å². The summed E-state index contributed by atoms with van der Waals surface area (Å²) in [4.78, 5) is 25.7. The molecule has 0 aliphatic carbocycles. The van der Waals surface area contributed by atoms with Gasteiger partial charge in [0.15, 0.2) is 0 Å². The molecule has 0 radical (unpaired) electrons. The third-order valence-corrected chi connectivity index (χ3v) is 3.73. The van der Waals surface area contributed by atoms with Crippen LogP contribution in [-0.4, -0.2) is 59.5 Å². The van der Waals surface area contributed by atoms with Gasteiger partial charge in [-0.1, -0.05) is 0 Å². The summed E-state index contributed by atoms with van der Waals surface area (Å²) in [6, 6.07) is -0.0493. The zero-order valence-corrected chi connectivity index (χ0v) is 11.1. The molecule has 0 N–H and O–H groups in total. The Bertz CT molecular complexity index is 379. The zero-order valence-electron chi connectivity index (χ0n) is 11.1. The van der Waals surface area contributed by atoms with Crippen LogP contribution in [0.2, 0.25) is 0 Å². The SMILES string of the molecule is CC1(C)COC(=O)N1C1CCN(C(=O)C(F)F)CC1. The van der Waals surface area contributed by atoms with Crippen LogP contribution in [0.25, 0.3) is 0 Å². The Morgan fingerprint density at radius 2 is 1.95 bits per heavy atom. The summed E-state index contributed by atoms with van der Waals surface area (Å²) in [5, 5.41) is 0. The topological polar surface area (TPSA) is 49.9 Å². The number of likely N-dealkylation sites (tertiary alicyclic amines) is 1. The number of alkyl halides is 2. The van der Waals surface area contributed by atoms with Crippen LogP contribution >= 0.6 is 0 Å². The van der Waals surface area contributed by atoms with Gasteiger partial charge < -0.3 is 9.64 Å². The number of cyclic esters (lactones) is 1. The molecule has 108 valence electrons. The van der Waals surface area contributed by atoms with Crippen LogP contribution < -0.4 is 0 Å². The van der Waals surface area contributed by atoms with E-state index in [-0.39, 0.29) is 30.8 Å². The Labute approximate surface area is 110 Å². The van der Waals surface area contributed by atoms with E-state index in [0.29, 0.717) is 19.4 Å². The predicted octanol–water partition coefficient (Wildman–Crippen LogP) is 1.47. The Morgan fingerprint density at radius 3 is 2.37 bits per heavy atom. The fourth-order valence-corrected chi connectivity index (χ4v) is 2.75. The van der Waals surface area contributed by atoms with Crippen molar-refractivity contribution in [1.82, 2.24) is 9.80 Å². The van der Waals surface area contributed by atoms with Crippen LogP contribution in [0, 0.1) is 0 Å². The van der Waals surface area contributed by atoms with E-state index in [1.807, 2.05) is 13.8 Å². The molecule has 0 bridgehead atoms. The summed E-state index contributed by atoms with van der Waals surface area (Å²) in [5.74, 6) is -1.12. The van der Waals surface area contributed by atoms with Crippen LogP contribution in [0.5, 0.6) is 0 Å². The highest BCUT2D eigenvalue weighted by Crippen LogP contribution is 2.30. The van der Waals surface area contributed by atoms with Crippen molar-refractivity contribution in [1.29, 1.82) is 0 Å². The van der Waals surface area contributed by atoms with Crippen molar-refractivity contribution in [3.63, 3.8) is 0 Å². The summed E-state index contributed by atoms with van der Waals surface area (Å²) < 4.78 is 29.7. The Kier molecular flexibility index (Phi) is 3.64. The molecule has 2 rings (SSSR count). The standard InChI is InChI=1S/C12H18F2N2O3/c1-12(2)7-19-11(18)16(12)8-3-5-15(6-4-8)10(17)9(13)14/h8-9H,3-7H2,1-2H3. The molecule has 0 atom stereocenters. The van der Waals surface area contributed by atoms with Crippen LogP contribution in [-0.2, 0) is 9.53 Å². The molecule has 0 aromatic heterocycles. The summed E-state index contributed by atoms with van der Waals surface area (Å²) in [6.45, 7) is 4.67. The number of halogens is 2. The second kappa shape index (κ2) is 4.94. The van der Waals surface area contributed by atoms with Gasteiger partial charge in [0.05, 0.1) is 5.54 Å². The van der Waals surface area contributed by atoms with Gasteiger partial charge in [-0.15, -0.1) is 0 Å². The maximum Gasteiger partial charge on any atom is 0.410 e. The maximum absolute atomic E-state index is 12.3. The van der Waals surface area contributed by atoms with Gasteiger partial charge in [0, 0.05) is 19.1 Å². The molecule has 2 aliphatic heterocycles. The Balaban J connectivity index is 1.97. The largest absolute Gasteiger partial charge is 0.447 e. The number of hydrogen-bond donors (Lipinski definition) is 0. The summed E-state index contributed by atoms with van der Waals surface area (Å²) in [5.41, 5.74) is -0.378. The van der Waals surface area contributed by atoms with Crippen molar-refractivity contribution in [3.8, 4) is 0 Å². The number of carbonyl (C=O) groups is 2. The average molecular weight is 276 g/mol. The third kappa shape index (κ3) is 2.64. The Morgan fingerprint density at radius 1 is 1.37 bits per heavy atom. The monoisotopic (exact) mass is 276 g/mol. The highest BCUT2D eigenvalue weighted by atomic mass is 19.3. The molecule has 19 heavy (non-hydrogen) atoms. The lowest BCUT2D eigenvalue weighted by molar-refractivity contribution is -0.144. The predicted molar refractivity (Wildman–Crippen MR) is 62.9 cm³/mol. The molecule has 2 aliphatic rings. The zero-order chi connectivity index (χ0) is 14.2. The van der Waals surface area contributed by atoms with Crippen LogP contribution in [0.3, 0.4) is 0 Å². The molecule has 2 fully saturated rings. The van der Waals surface area contributed by atoms with Crippen LogP contribution in [0.4, 0.5) is 13.6 Å². The average Bonchev–Trinajstić information content (AvgIpc) is 2.63. The number of rotatable bonds is 2. The first-order valence-electron chi connectivity index (χ1n) is 6.36. The molecule has 0 spiro atoms. The van der Waals surface area contributed by atoms with Gasteiger partial charge in [0.2, 0.25) is 0 Å². The van der Waals surface area contributed by atoms with E-state index in [2.05, 4.69) is 0 Å². The number of amides is 2.